The first-order chi connectivity index (χ1) is 13.3. The number of sulfonamides is 1. The van der Waals surface area contributed by atoms with E-state index in [4.69, 9.17) is 4.74 Å². The Balaban J connectivity index is 1.59. The third-order valence-corrected chi connectivity index (χ3v) is 8.98. The predicted molar refractivity (Wildman–Crippen MR) is 109 cm³/mol. The van der Waals surface area contributed by atoms with Crippen LogP contribution in [0.15, 0.2) is 20.1 Å². The average molecular weight is 494 g/mol. The van der Waals surface area contributed by atoms with Gasteiger partial charge in [0.05, 0.1) is 10.4 Å². The number of likely N-dealkylation sites (tertiary alicyclic amines) is 1. The summed E-state index contributed by atoms with van der Waals surface area (Å²) in [7, 11) is -3.69. The van der Waals surface area contributed by atoms with Crippen molar-refractivity contribution in [1.82, 2.24) is 14.5 Å². The molecule has 0 aromatic carbocycles. The van der Waals surface area contributed by atoms with Gasteiger partial charge >= 0.3 is 6.09 Å². The second kappa shape index (κ2) is 9.10. The summed E-state index contributed by atoms with van der Waals surface area (Å²) in [5.74, 6) is -0.258. The molecule has 1 atom stereocenters. The summed E-state index contributed by atoms with van der Waals surface area (Å²) in [4.78, 5) is 26.2. The minimum absolute atomic E-state index is 0.0702. The number of ether oxygens (including phenoxy) is 1. The normalized spacial score (nSPS) is 21.6. The van der Waals surface area contributed by atoms with Gasteiger partial charge in [-0.3, -0.25) is 4.79 Å². The molecular weight excluding hydrogens is 470 g/mol. The number of rotatable bonds is 5. The minimum Gasteiger partial charge on any atom is -0.450 e. The zero-order chi connectivity index (χ0) is 20.3. The molecule has 0 bridgehead atoms. The van der Waals surface area contributed by atoms with Crippen molar-refractivity contribution in [2.24, 2.45) is 0 Å². The van der Waals surface area contributed by atoms with E-state index in [1.165, 1.54) is 4.31 Å². The summed E-state index contributed by atoms with van der Waals surface area (Å²) in [5.41, 5.74) is 0. The van der Waals surface area contributed by atoms with E-state index in [9.17, 15) is 18.0 Å². The Morgan fingerprint density at radius 1 is 1.25 bits per heavy atom. The molecule has 1 aromatic rings. The molecule has 1 aromatic heterocycles. The Bertz CT molecular complexity index is 821. The fourth-order valence-electron chi connectivity index (χ4n) is 3.56. The van der Waals surface area contributed by atoms with Crippen LogP contribution in [0.4, 0.5) is 4.79 Å². The van der Waals surface area contributed by atoms with E-state index >= 15 is 0 Å². The Morgan fingerprint density at radius 3 is 2.57 bits per heavy atom. The van der Waals surface area contributed by atoms with Crippen molar-refractivity contribution in [2.75, 3.05) is 26.2 Å². The number of halogens is 1. The second-order valence-corrected chi connectivity index (χ2v) is 11.4. The highest BCUT2D eigenvalue weighted by Gasteiger charge is 2.40. The fourth-order valence-corrected chi connectivity index (χ4v) is 7.36. The van der Waals surface area contributed by atoms with Crippen LogP contribution in [0.5, 0.6) is 0 Å². The molecule has 2 aliphatic heterocycles. The molecule has 0 spiro atoms. The molecule has 156 valence electrons. The smallest absolute Gasteiger partial charge is 0.409 e. The third kappa shape index (κ3) is 4.69. The number of thiophene rings is 1. The van der Waals surface area contributed by atoms with Crippen LogP contribution >= 0.6 is 27.3 Å². The monoisotopic (exact) mass is 493 g/mol. The molecule has 11 heteroatoms. The summed E-state index contributed by atoms with van der Waals surface area (Å²) in [6.45, 7) is 3.47. The number of piperidine rings is 1. The van der Waals surface area contributed by atoms with Gasteiger partial charge in [-0.2, -0.15) is 4.31 Å². The van der Waals surface area contributed by atoms with Crippen molar-refractivity contribution in [3.05, 3.63) is 15.9 Å². The quantitative estimate of drug-likeness (QED) is 0.679. The fraction of sp³-hybridized carbons (Fsp3) is 0.647. The molecule has 0 aliphatic carbocycles. The lowest BCUT2D eigenvalue weighted by Crippen LogP contribution is -2.52. The van der Waals surface area contributed by atoms with E-state index in [0.717, 1.165) is 15.1 Å². The molecule has 2 fully saturated rings. The Morgan fingerprint density at radius 2 is 1.96 bits per heavy atom. The second-order valence-electron chi connectivity index (χ2n) is 6.80. The van der Waals surface area contributed by atoms with Gasteiger partial charge in [-0.25, -0.2) is 13.2 Å². The first kappa shape index (κ1) is 21.5. The molecule has 2 amide bonds. The van der Waals surface area contributed by atoms with Crippen LogP contribution in [0.2, 0.25) is 0 Å². The Hall–Kier alpha value is -1.17. The van der Waals surface area contributed by atoms with Crippen molar-refractivity contribution < 1.29 is 22.7 Å². The summed E-state index contributed by atoms with van der Waals surface area (Å²) < 4.78 is 33.1. The minimum atomic E-state index is -3.69. The number of carbonyl (C=O) groups is 2. The molecule has 0 saturated carbocycles. The lowest BCUT2D eigenvalue weighted by molar-refractivity contribution is -0.125. The summed E-state index contributed by atoms with van der Waals surface area (Å²) in [5, 5.41) is 2.98. The molecule has 28 heavy (non-hydrogen) atoms. The van der Waals surface area contributed by atoms with Gasteiger partial charge in [0, 0.05) is 25.7 Å². The number of hydrogen-bond donors (Lipinski definition) is 1. The van der Waals surface area contributed by atoms with E-state index in [2.05, 4.69) is 21.2 Å². The molecule has 0 radical (unpaired) electrons. The highest BCUT2D eigenvalue weighted by Crippen LogP contribution is 2.32. The number of hydrogen-bond acceptors (Lipinski definition) is 6. The van der Waals surface area contributed by atoms with Crippen LogP contribution in [0.25, 0.3) is 0 Å². The Kier molecular flexibility index (Phi) is 7.00. The van der Waals surface area contributed by atoms with Gasteiger partial charge in [-0.05, 0) is 60.7 Å². The van der Waals surface area contributed by atoms with Crippen LogP contribution in [0.3, 0.4) is 0 Å². The van der Waals surface area contributed by atoms with Crippen LogP contribution in [0.1, 0.15) is 32.6 Å². The van der Waals surface area contributed by atoms with Crippen molar-refractivity contribution in [1.29, 1.82) is 0 Å². The molecule has 2 aliphatic rings. The largest absolute Gasteiger partial charge is 0.450 e. The molecule has 2 saturated heterocycles. The van der Waals surface area contributed by atoms with Gasteiger partial charge in [0.15, 0.2) is 0 Å². The van der Waals surface area contributed by atoms with E-state index in [-0.39, 0.29) is 22.3 Å². The first-order valence-corrected chi connectivity index (χ1v) is 12.4. The molecule has 0 unspecified atom stereocenters. The van der Waals surface area contributed by atoms with Gasteiger partial charge in [-0.15, -0.1) is 11.3 Å². The maximum absolute atomic E-state index is 12.9. The highest BCUT2D eigenvalue weighted by molar-refractivity contribution is 9.11. The number of nitrogens with one attached hydrogen (secondary N) is 1. The highest BCUT2D eigenvalue weighted by atomic mass is 79.9. The van der Waals surface area contributed by atoms with E-state index in [1.807, 2.05) is 0 Å². The van der Waals surface area contributed by atoms with Crippen molar-refractivity contribution in [3.63, 3.8) is 0 Å². The van der Waals surface area contributed by atoms with E-state index in [0.29, 0.717) is 51.9 Å². The molecular formula is C17H24BrN3O5S2. The summed E-state index contributed by atoms with van der Waals surface area (Å²) in [6, 6.07) is 2.50. The van der Waals surface area contributed by atoms with Crippen molar-refractivity contribution >= 4 is 49.3 Å². The number of nitrogens with zero attached hydrogens (tertiary/aromatic N) is 2. The van der Waals surface area contributed by atoms with Crippen molar-refractivity contribution in [2.45, 2.75) is 48.9 Å². The zero-order valence-corrected chi connectivity index (χ0v) is 18.8. The summed E-state index contributed by atoms with van der Waals surface area (Å²) in [6.07, 6.45) is 2.09. The standard InChI is InChI=1S/C17H24BrN3O5S2/c1-2-26-17(23)20-10-7-12(8-11-20)19-16(22)13-4-3-9-21(13)28(24,25)15-6-5-14(18)27-15/h5-6,12-13H,2-4,7-11H2,1H3,(H,19,22)/t13-/m1/s1. The van der Waals surface area contributed by atoms with Gasteiger partial charge in [-0.1, -0.05) is 0 Å². The van der Waals surface area contributed by atoms with Gasteiger partial charge in [0.1, 0.15) is 10.3 Å². The van der Waals surface area contributed by atoms with E-state index in [1.54, 1.807) is 24.0 Å². The number of carbonyl (C=O) groups excluding carboxylic acids is 2. The molecule has 1 N–H and O–H groups in total. The predicted octanol–water partition coefficient (Wildman–Crippen LogP) is 2.40. The van der Waals surface area contributed by atoms with Crippen LogP contribution in [-0.2, 0) is 19.6 Å². The van der Waals surface area contributed by atoms with E-state index < -0.39 is 16.1 Å². The maximum Gasteiger partial charge on any atom is 0.409 e. The summed E-state index contributed by atoms with van der Waals surface area (Å²) >= 11 is 4.43. The molecule has 3 rings (SSSR count). The average Bonchev–Trinajstić information content (AvgIpc) is 3.32. The first-order valence-electron chi connectivity index (χ1n) is 9.32. The molecule has 3 heterocycles. The van der Waals surface area contributed by atoms with Crippen molar-refractivity contribution in [3.8, 4) is 0 Å². The lowest BCUT2D eigenvalue weighted by atomic mass is 10.0. The molecule has 8 nitrogen and oxygen atoms in total. The van der Waals surface area contributed by atoms with Crippen LogP contribution in [-0.4, -0.2) is 67.9 Å². The third-order valence-electron chi connectivity index (χ3n) is 4.99. The van der Waals surface area contributed by atoms with Crippen LogP contribution in [0, 0.1) is 0 Å². The number of amides is 2. The van der Waals surface area contributed by atoms with Gasteiger partial charge < -0.3 is 15.0 Å². The lowest BCUT2D eigenvalue weighted by Gasteiger charge is -2.32. The van der Waals surface area contributed by atoms with Gasteiger partial charge in [0.25, 0.3) is 10.0 Å². The SMILES string of the molecule is CCOC(=O)N1CCC(NC(=O)[C@H]2CCCN2S(=O)(=O)c2ccc(Br)s2)CC1. The zero-order valence-electron chi connectivity index (χ0n) is 15.6. The van der Waals surface area contributed by atoms with Crippen LogP contribution < -0.4 is 5.32 Å². The topological polar surface area (TPSA) is 96.0 Å². The maximum atomic E-state index is 12.9. The van der Waals surface area contributed by atoms with Gasteiger partial charge in [0.2, 0.25) is 5.91 Å². The Labute approximate surface area is 177 Å².